The van der Waals surface area contributed by atoms with Crippen LogP contribution in [0.25, 0.3) is 0 Å². The summed E-state index contributed by atoms with van der Waals surface area (Å²) in [7, 11) is 1.72. The second-order valence-electron chi connectivity index (χ2n) is 3.16. The Labute approximate surface area is 86.9 Å². The number of aryl methyl sites for hydroxylation is 1. The highest BCUT2D eigenvalue weighted by atomic mass is 16.4. The van der Waals surface area contributed by atoms with Crippen LogP contribution in [0.4, 0.5) is 0 Å². The maximum Gasteiger partial charge on any atom is 0.303 e. The molecule has 6 heteroatoms. The van der Waals surface area contributed by atoms with E-state index in [1.807, 2.05) is 0 Å². The second-order valence-corrected chi connectivity index (χ2v) is 3.16. The summed E-state index contributed by atoms with van der Waals surface area (Å²) < 4.78 is 1.53. The van der Waals surface area contributed by atoms with E-state index in [2.05, 4.69) is 10.4 Å². The minimum absolute atomic E-state index is 0.0628. The van der Waals surface area contributed by atoms with Crippen LogP contribution < -0.4 is 5.32 Å². The predicted octanol–water partition coefficient (Wildman–Crippen LogP) is 0.0147. The van der Waals surface area contributed by atoms with Crippen LogP contribution in [0.2, 0.25) is 0 Å². The first kappa shape index (κ1) is 11.2. The van der Waals surface area contributed by atoms with Gasteiger partial charge in [0.25, 0.3) is 5.91 Å². The minimum Gasteiger partial charge on any atom is -0.481 e. The molecule has 0 atom stereocenters. The van der Waals surface area contributed by atoms with E-state index in [1.165, 1.54) is 10.9 Å². The van der Waals surface area contributed by atoms with Gasteiger partial charge in [-0.1, -0.05) is 0 Å². The molecule has 1 heterocycles. The molecule has 0 aromatic carbocycles. The summed E-state index contributed by atoms with van der Waals surface area (Å²) in [5.41, 5.74) is 0.479. The smallest absolute Gasteiger partial charge is 0.303 e. The first-order valence-corrected chi connectivity index (χ1v) is 4.58. The molecule has 0 saturated heterocycles. The van der Waals surface area contributed by atoms with Gasteiger partial charge in [0, 0.05) is 26.2 Å². The van der Waals surface area contributed by atoms with Gasteiger partial charge in [-0.3, -0.25) is 14.3 Å². The van der Waals surface area contributed by atoms with Gasteiger partial charge in [-0.05, 0) is 6.42 Å². The molecule has 0 aliphatic rings. The number of nitrogens with one attached hydrogen (secondary N) is 1. The fraction of sp³-hybridized carbons (Fsp3) is 0.444. The van der Waals surface area contributed by atoms with E-state index in [1.54, 1.807) is 13.2 Å². The van der Waals surface area contributed by atoms with Crippen LogP contribution in [0.3, 0.4) is 0 Å². The molecule has 0 spiro atoms. The number of aromatic nitrogens is 2. The third kappa shape index (κ3) is 3.80. The third-order valence-corrected chi connectivity index (χ3v) is 1.82. The lowest BCUT2D eigenvalue weighted by Gasteiger charge is -2.00. The molecule has 82 valence electrons. The molecule has 0 aliphatic heterocycles. The lowest BCUT2D eigenvalue weighted by molar-refractivity contribution is -0.137. The molecule has 1 aromatic heterocycles. The molecule has 1 rings (SSSR count). The number of rotatable bonds is 5. The Bertz CT molecular complexity index is 359. The van der Waals surface area contributed by atoms with Crippen molar-refractivity contribution in [2.24, 2.45) is 7.05 Å². The summed E-state index contributed by atoms with van der Waals surface area (Å²) in [5.74, 6) is -1.08. The Morgan fingerprint density at radius 3 is 2.87 bits per heavy atom. The number of carboxylic acids is 1. The van der Waals surface area contributed by atoms with E-state index < -0.39 is 5.97 Å². The number of carboxylic acid groups (broad SMARTS) is 1. The fourth-order valence-electron chi connectivity index (χ4n) is 1.08. The van der Waals surface area contributed by atoms with E-state index in [0.29, 0.717) is 18.5 Å². The molecule has 1 amide bonds. The number of hydrogen-bond donors (Lipinski definition) is 2. The van der Waals surface area contributed by atoms with Gasteiger partial charge in [-0.15, -0.1) is 0 Å². The molecular weight excluding hydrogens is 198 g/mol. The van der Waals surface area contributed by atoms with E-state index in [-0.39, 0.29) is 12.3 Å². The van der Waals surface area contributed by atoms with Gasteiger partial charge in [-0.2, -0.15) is 5.10 Å². The Morgan fingerprint density at radius 2 is 2.33 bits per heavy atom. The Hall–Kier alpha value is -1.85. The predicted molar refractivity (Wildman–Crippen MR) is 52.4 cm³/mol. The molecule has 0 aliphatic carbocycles. The van der Waals surface area contributed by atoms with Crippen LogP contribution in [0.5, 0.6) is 0 Å². The summed E-state index contributed by atoms with van der Waals surface area (Å²) in [6.45, 7) is 0.361. The summed E-state index contributed by atoms with van der Waals surface area (Å²) in [6, 6.07) is 0. The summed E-state index contributed by atoms with van der Waals surface area (Å²) in [6.07, 6.45) is 3.56. The van der Waals surface area contributed by atoms with E-state index in [0.717, 1.165) is 0 Å². The normalized spacial score (nSPS) is 9.93. The molecule has 0 radical (unpaired) electrons. The average molecular weight is 211 g/mol. The number of carbonyl (C=O) groups excluding carboxylic acids is 1. The first-order chi connectivity index (χ1) is 7.09. The molecule has 0 bridgehead atoms. The SMILES string of the molecule is Cn1cc(C(=O)NCCCC(=O)O)cn1. The molecule has 0 saturated carbocycles. The van der Waals surface area contributed by atoms with Crippen molar-refractivity contribution in [2.45, 2.75) is 12.8 Å². The number of carbonyl (C=O) groups is 2. The summed E-state index contributed by atoms with van der Waals surface area (Å²) >= 11 is 0. The van der Waals surface area contributed by atoms with Crippen molar-refractivity contribution in [3.05, 3.63) is 18.0 Å². The van der Waals surface area contributed by atoms with Crippen molar-refractivity contribution in [3.63, 3.8) is 0 Å². The number of amides is 1. The molecule has 1 aromatic rings. The van der Waals surface area contributed by atoms with Gasteiger partial charge >= 0.3 is 5.97 Å². The molecular formula is C9H13N3O3. The topological polar surface area (TPSA) is 84.2 Å². The highest BCUT2D eigenvalue weighted by molar-refractivity contribution is 5.93. The van der Waals surface area contributed by atoms with Gasteiger partial charge < -0.3 is 10.4 Å². The van der Waals surface area contributed by atoms with Crippen molar-refractivity contribution in [1.29, 1.82) is 0 Å². The lowest BCUT2D eigenvalue weighted by atomic mass is 10.3. The van der Waals surface area contributed by atoms with Crippen molar-refractivity contribution >= 4 is 11.9 Å². The molecule has 15 heavy (non-hydrogen) atoms. The van der Waals surface area contributed by atoms with Gasteiger partial charge in [0.15, 0.2) is 0 Å². The standard InChI is InChI=1S/C9H13N3O3/c1-12-6-7(5-11-12)9(15)10-4-2-3-8(13)14/h5-6H,2-4H2,1H3,(H,10,15)(H,13,14). The first-order valence-electron chi connectivity index (χ1n) is 4.58. The Kier molecular flexibility index (Phi) is 3.84. The monoisotopic (exact) mass is 211 g/mol. The van der Waals surface area contributed by atoms with Crippen LogP contribution in [-0.4, -0.2) is 33.3 Å². The van der Waals surface area contributed by atoms with Crippen molar-refractivity contribution in [3.8, 4) is 0 Å². The third-order valence-electron chi connectivity index (χ3n) is 1.82. The molecule has 2 N–H and O–H groups in total. The van der Waals surface area contributed by atoms with Gasteiger partial charge in [0.2, 0.25) is 0 Å². The average Bonchev–Trinajstić information content (AvgIpc) is 2.59. The zero-order valence-electron chi connectivity index (χ0n) is 8.43. The van der Waals surface area contributed by atoms with Crippen molar-refractivity contribution < 1.29 is 14.7 Å². The molecule has 0 unspecified atom stereocenters. The van der Waals surface area contributed by atoms with Crippen LogP contribution >= 0.6 is 0 Å². The van der Waals surface area contributed by atoms with Gasteiger partial charge in [0.05, 0.1) is 11.8 Å². The van der Waals surface area contributed by atoms with Crippen LogP contribution in [0.15, 0.2) is 12.4 Å². The second kappa shape index (κ2) is 5.14. The quantitative estimate of drug-likeness (QED) is 0.672. The van der Waals surface area contributed by atoms with Crippen LogP contribution in [0, 0.1) is 0 Å². The maximum atomic E-state index is 11.4. The largest absolute Gasteiger partial charge is 0.481 e. The molecule has 6 nitrogen and oxygen atoms in total. The van der Waals surface area contributed by atoms with Crippen LogP contribution in [-0.2, 0) is 11.8 Å². The highest BCUT2D eigenvalue weighted by Crippen LogP contribution is 1.96. The number of nitrogens with zero attached hydrogens (tertiary/aromatic N) is 2. The Morgan fingerprint density at radius 1 is 1.60 bits per heavy atom. The van der Waals surface area contributed by atoms with Gasteiger partial charge in [0.1, 0.15) is 0 Å². The summed E-state index contributed by atoms with van der Waals surface area (Å²) in [4.78, 5) is 21.6. The van der Waals surface area contributed by atoms with E-state index in [9.17, 15) is 9.59 Å². The molecule has 0 fully saturated rings. The summed E-state index contributed by atoms with van der Waals surface area (Å²) in [5, 5.41) is 14.8. The van der Waals surface area contributed by atoms with Crippen molar-refractivity contribution in [1.82, 2.24) is 15.1 Å². The maximum absolute atomic E-state index is 11.4. The fourth-order valence-corrected chi connectivity index (χ4v) is 1.08. The van der Waals surface area contributed by atoms with Crippen LogP contribution in [0.1, 0.15) is 23.2 Å². The van der Waals surface area contributed by atoms with E-state index in [4.69, 9.17) is 5.11 Å². The lowest BCUT2D eigenvalue weighted by Crippen LogP contribution is -2.24. The number of hydrogen-bond acceptors (Lipinski definition) is 3. The van der Waals surface area contributed by atoms with E-state index >= 15 is 0 Å². The number of aliphatic carboxylic acids is 1. The van der Waals surface area contributed by atoms with Gasteiger partial charge in [-0.25, -0.2) is 0 Å². The Balaban J connectivity index is 2.28. The minimum atomic E-state index is -0.856. The zero-order chi connectivity index (χ0) is 11.3. The zero-order valence-corrected chi connectivity index (χ0v) is 8.43. The highest BCUT2D eigenvalue weighted by Gasteiger charge is 2.06. The van der Waals surface area contributed by atoms with Crippen molar-refractivity contribution in [2.75, 3.05) is 6.54 Å².